The van der Waals surface area contributed by atoms with Crippen molar-refractivity contribution in [1.82, 2.24) is 0 Å². The molecule has 9 nitrogen and oxygen atoms in total. The number of methoxy groups -OCH3 is 2. The van der Waals surface area contributed by atoms with Gasteiger partial charge in [0.15, 0.2) is 5.75 Å². The lowest BCUT2D eigenvalue weighted by molar-refractivity contribution is -0.139. The largest absolute Gasteiger partial charge is 0.465 e. The van der Waals surface area contributed by atoms with Crippen molar-refractivity contribution in [3.8, 4) is 11.5 Å². The Kier molecular flexibility index (Phi) is 8.33. The maximum Gasteiger partial charge on any atom is 0.355 e. The van der Waals surface area contributed by atoms with E-state index in [9.17, 15) is 22.6 Å². The van der Waals surface area contributed by atoms with E-state index >= 15 is 0 Å². The van der Waals surface area contributed by atoms with Crippen molar-refractivity contribution in [2.45, 2.75) is 42.9 Å². The monoisotopic (exact) mass is 539 g/mol. The van der Waals surface area contributed by atoms with E-state index in [4.69, 9.17) is 14.2 Å². The number of ether oxygens (including phenoxy) is 3. The van der Waals surface area contributed by atoms with E-state index in [-0.39, 0.29) is 33.5 Å². The van der Waals surface area contributed by atoms with Crippen LogP contribution >= 0.6 is 0 Å². The predicted octanol–water partition coefficient (Wildman–Crippen LogP) is 5.26. The average Bonchev–Trinajstić information content (AvgIpc) is 3.15. The molecule has 1 N–H and O–H groups in total. The number of para-hydroxylation sites is 1. The Bertz CT molecular complexity index is 1420. The SMILES string of the molecule is COC(=O)C1=C(C(=O)OC)N(c2ccc(S(=O)(=O)O)cc2Oc2ccccc2C2CCCCC2)C=CC=C1. The van der Waals surface area contributed by atoms with Crippen molar-refractivity contribution in [3.05, 3.63) is 83.7 Å². The molecule has 0 amide bonds. The van der Waals surface area contributed by atoms with Crippen LogP contribution in [0, 0.1) is 0 Å². The number of hydrogen-bond donors (Lipinski definition) is 1. The smallest absolute Gasteiger partial charge is 0.355 e. The molecule has 0 radical (unpaired) electrons. The summed E-state index contributed by atoms with van der Waals surface area (Å²) in [5, 5.41) is 0. The first kappa shape index (κ1) is 27.2. The van der Waals surface area contributed by atoms with Crippen LogP contribution in [-0.2, 0) is 29.2 Å². The van der Waals surface area contributed by atoms with Crippen molar-refractivity contribution >= 4 is 27.7 Å². The summed E-state index contributed by atoms with van der Waals surface area (Å²) >= 11 is 0. The first-order valence-corrected chi connectivity index (χ1v) is 13.6. The molecular weight excluding hydrogens is 510 g/mol. The van der Waals surface area contributed by atoms with Crippen molar-refractivity contribution in [3.63, 3.8) is 0 Å². The van der Waals surface area contributed by atoms with E-state index in [2.05, 4.69) is 0 Å². The summed E-state index contributed by atoms with van der Waals surface area (Å²) < 4.78 is 50.0. The molecule has 0 spiro atoms. The highest BCUT2D eigenvalue weighted by atomic mass is 32.2. The minimum absolute atomic E-state index is 0.0422. The van der Waals surface area contributed by atoms with E-state index in [1.54, 1.807) is 18.2 Å². The highest BCUT2D eigenvalue weighted by molar-refractivity contribution is 7.85. The number of rotatable bonds is 7. The number of allylic oxidation sites excluding steroid dienone is 2. The van der Waals surface area contributed by atoms with Crippen molar-refractivity contribution in [1.29, 1.82) is 0 Å². The first-order valence-electron chi connectivity index (χ1n) is 12.2. The fraction of sp³-hybridized carbons (Fsp3) is 0.286. The zero-order valence-electron chi connectivity index (χ0n) is 21.1. The van der Waals surface area contributed by atoms with Crippen LogP contribution in [0.2, 0.25) is 0 Å². The van der Waals surface area contributed by atoms with Crippen LogP contribution in [0.1, 0.15) is 43.6 Å². The molecule has 0 aromatic heterocycles. The minimum atomic E-state index is -4.57. The molecule has 200 valence electrons. The quantitative estimate of drug-likeness (QED) is 0.371. The molecule has 0 bridgehead atoms. The molecule has 10 heteroatoms. The maximum absolute atomic E-state index is 12.9. The third-order valence-corrected chi connectivity index (χ3v) is 7.41. The second-order valence-electron chi connectivity index (χ2n) is 8.90. The number of benzene rings is 2. The van der Waals surface area contributed by atoms with Gasteiger partial charge in [-0.1, -0.05) is 43.5 Å². The summed E-state index contributed by atoms with van der Waals surface area (Å²) in [5.41, 5.74) is 0.992. The fourth-order valence-electron chi connectivity index (χ4n) is 4.73. The minimum Gasteiger partial charge on any atom is -0.465 e. The number of anilines is 1. The Hall–Kier alpha value is -3.89. The van der Waals surface area contributed by atoms with E-state index in [1.807, 2.05) is 18.2 Å². The second-order valence-corrected chi connectivity index (χ2v) is 10.3. The topological polar surface area (TPSA) is 119 Å². The van der Waals surface area contributed by atoms with Crippen LogP contribution in [-0.4, -0.2) is 39.1 Å². The van der Waals surface area contributed by atoms with E-state index in [0.717, 1.165) is 31.2 Å². The summed E-state index contributed by atoms with van der Waals surface area (Å²) in [5.74, 6) is -0.738. The summed E-state index contributed by atoms with van der Waals surface area (Å²) in [6.45, 7) is 0. The Morgan fingerprint density at radius 1 is 0.921 bits per heavy atom. The van der Waals surface area contributed by atoms with Crippen LogP contribution in [0.5, 0.6) is 11.5 Å². The molecule has 1 aliphatic carbocycles. The van der Waals surface area contributed by atoms with E-state index in [0.29, 0.717) is 5.75 Å². The average molecular weight is 540 g/mol. The van der Waals surface area contributed by atoms with Crippen LogP contribution in [0.15, 0.2) is 83.1 Å². The van der Waals surface area contributed by atoms with E-state index < -0.39 is 22.1 Å². The molecule has 1 aliphatic heterocycles. The zero-order valence-corrected chi connectivity index (χ0v) is 21.9. The van der Waals surface area contributed by atoms with Gasteiger partial charge in [0.25, 0.3) is 10.1 Å². The molecule has 0 unspecified atom stereocenters. The number of carbonyl (C=O) groups excluding carboxylic acids is 2. The van der Waals surface area contributed by atoms with Gasteiger partial charge in [0, 0.05) is 12.3 Å². The van der Waals surface area contributed by atoms with Gasteiger partial charge >= 0.3 is 11.9 Å². The summed E-state index contributed by atoms with van der Waals surface area (Å²) in [7, 11) is -2.20. The third kappa shape index (κ3) is 5.81. The number of carbonyl (C=O) groups is 2. The van der Waals surface area contributed by atoms with Gasteiger partial charge in [-0.3, -0.25) is 4.55 Å². The molecule has 0 atom stereocenters. The van der Waals surface area contributed by atoms with Crippen LogP contribution in [0.25, 0.3) is 0 Å². The zero-order chi connectivity index (χ0) is 27.3. The molecule has 2 aromatic rings. The van der Waals surface area contributed by atoms with Crippen molar-refractivity contribution in [2.75, 3.05) is 19.1 Å². The Morgan fingerprint density at radius 2 is 1.63 bits per heavy atom. The Morgan fingerprint density at radius 3 is 2.32 bits per heavy atom. The van der Waals surface area contributed by atoms with Crippen molar-refractivity contribution < 1.29 is 36.8 Å². The summed E-state index contributed by atoms with van der Waals surface area (Å²) in [6.07, 6.45) is 11.5. The molecule has 2 aliphatic rings. The lowest BCUT2D eigenvalue weighted by Crippen LogP contribution is -2.27. The summed E-state index contributed by atoms with van der Waals surface area (Å²) in [4.78, 5) is 26.5. The van der Waals surface area contributed by atoms with Gasteiger partial charge in [0.2, 0.25) is 0 Å². The molecule has 1 heterocycles. The normalized spacial score (nSPS) is 16.2. The maximum atomic E-state index is 12.9. The molecule has 2 aromatic carbocycles. The van der Waals surface area contributed by atoms with Gasteiger partial charge in [0.1, 0.15) is 11.4 Å². The molecule has 0 saturated heterocycles. The van der Waals surface area contributed by atoms with Gasteiger partial charge < -0.3 is 19.1 Å². The standard InChI is InChI=1S/C28H29NO8S/c1-35-27(30)22-13-8-9-17-29(26(22)28(31)36-2)23-16-15-20(38(32,33)34)18-25(23)37-24-14-7-6-12-21(24)19-10-4-3-5-11-19/h6-9,12-19H,3-5,10-11H2,1-2H3,(H,32,33,34). The van der Waals surface area contributed by atoms with Gasteiger partial charge in [-0.15, -0.1) is 0 Å². The van der Waals surface area contributed by atoms with Crippen LogP contribution < -0.4 is 9.64 Å². The molecule has 1 fully saturated rings. The van der Waals surface area contributed by atoms with Crippen LogP contribution in [0.3, 0.4) is 0 Å². The Labute approximate surface area is 221 Å². The van der Waals surface area contributed by atoms with Gasteiger partial charge in [-0.2, -0.15) is 8.42 Å². The predicted molar refractivity (Wildman–Crippen MR) is 140 cm³/mol. The highest BCUT2D eigenvalue weighted by Crippen LogP contribution is 2.42. The molecular formula is C28H29NO8S. The van der Waals surface area contributed by atoms with Crippen LogP contribution in [0.4, 0.5) is 5.69 Å². The van der Waals surface area contributed by atoms with Gasteiger partial charge in [-0.25, -0.2) is 9.59 Å². The van der Waals surface area contributed by atoms with Crippen molar-refractivity contribution in [2.24, 2.45) is 0 Å². The van der Waals surface area contributed by atoms with Gasteiger partial charge in [0.05, 0.1) is 30.4 Å². The molecule has 4 rings (SSSR count). The fourth-order valence-corrected chi connectivity index (χ4v) is 5.23. The lowest BCUT2D eigenvalue weighted by Gasteiger charge is -2.27. The number of esters is 2. The second kappa shape index (κ2) is 11.7. The molecule has 1 saturated carbocycles. The lowest BCUT2D eigenvalue weighted by atomic mass is 9.84. The third-order valence-electron chi connectivity index (χ3n) is 6.56. The number of nitrogens with zero attached hydrogens (tertiary/aromatic N) is 1. The number of hydrogen-bond acceptors (Lipinski definition) is 8. The molecule has 38 heavy (non-hydrogen) atoms. The van der Waals surface area contributed by atoms with E-state index in [1.165, 1.54) is 56.0 Å². The highest BCUT2D eigenvalue weighted by Gasteiger charge is 2.30. The first-order chi connectivity index (χ1) is 18.2. The Balaban J connectivity index is 1.89. The summed E-state index contributed by atoms with van der Waals surface area (Å²) in [6, 6.07) is 11.3. The van der Waals surface area contributed by atoms with Gasteiger partial charge in [-0.05, 0) is 54.7 Å².